The molecule has 1 aliphatic rings. The highest BCUT2D eigenvalue weighted by atomic mass is 32.1. The molecule has 0 bridgehead atoms. The first-order valence-electron chi connectivity index (χ1n) is 5.72. The first kappa shape index (κ1) is 10.7. The van der Waals surface area contributed by atoms with Gasteiger partial charge in [0.1, 0.15) is 16.3 Å². The fourth-order valence-corrected chi connectivity index (χ4v) is 3.09. The highest BCUT2D eigenvalue weighted by Crippen LogP contribution is 2.33. The smallest absolute Gasteiger partial charge is 0.145 e. The summed E-state index contributed by atoms with van der Waals surface area (Å²) >= 11 is 1.75. The molecule has 1 aliphatic heterocycles. The second-order valence-electron chi connectivity index (χ2n) is 4.01. The summed E-state index contributed by atoms with van der Waals surface area (Å²) in [5.74, 6) is 0.861. The Morgan fingerprint density at radius 2 is 2.35 bits per heavy atom. The van der Waals surface area contributed by atoms with E-state index < -0.39 is 0 Å². The van der Waals surface area contributed by atoms with E-state index in [4.69, 9.17) is 9.72 Å². The van der Waals surface area contributed by atoms with E-state index >= 15 is 0 Å². The lowest BCUT2D eigenvalue weighted by Crippen LogP contribution is -2.19. The van der Waals surface area contributed by atoms with Gasteiger partial charge in [0.25, 0.3) is 0 Å². The minimum Gasteiger partial charge on any atom is -0.494 e. The van der Waals surface area contributed by atoms with Crippen LogP contribution in [0.15, 0.2) is 24.3 Å². The Labute approximate surface area is 104 Å². The lowest BCUT2D eigenvalue weighted by molar-refractivity contribution is 0.419. The molecule has 1 aromatic carbocycles. The minimum atomic E-state index is 0.861. The molecular formula is C13H14N2OS. The largest absolute Gasteiger partial charge is 0.494 e. The van der Waals surface area contributed by atoms with Gasteiger partial charge in [0.2, 0.25) is 0 Å². The monoisotopic (exact) mass is 246 g/mol. The predicted molar refractivity (Wildman–Crippen MR) is 71.6 cm³/mol. The van der Waals surface area contributed by atoms with Crippen molar-refractivity contribution in [2.45, 2.75) is 6.42 Å². The van der Waals surface area contributed by atoms with Crippen LogP contribution in [0, 0.1) is 0 Å². The van der Waals surface area contributed by atoms with Crippen LogP contribution in [-0.2, 0) is 0 Å². The lowest BCUT2D eigenvalue weighted by Gasteiger charge is -2.10. The second-order valence-corrected chi connectivity index (χ2v) is 5.04. The van der Waals surface area contributed by atoms with Crippen LogP contribution in [0.2, 0.25) is 0 Å². The van der Waals surface area contributed by atoms with Gasteiger partial charge in [-0.15, -0.1) is 11.3 Å². The van der Waals surface area contributed by atoms with Crippen molar-refractivity contribution in [1.29, 1.82) is 0 Å². The maximum absolute atomic E-state index is 5.34. The fourth-order valence-electron chi connectivity index (χ4n) is 2.04. The van der Waals surface area contributed by atoms with Gasteiger partial charge in [0.05, 0.1) is 11.8 Å². The van der Waals surface area contributed by atoms with Gasteiger partial charge in [-0.1, -0.05) is 12.1 Å². The van der Waals surface area contributed by atoms with E-state index in [-0.39, 0.29) is 0 Å². The number of benzene rings is 1. The van der Waals surface area contributed by atoms with Crippen molar-refractivity contribution in [1.82, 2.24) is 10.3 Å². The number of thiazole rings is 1. The van der Waals surface area contributed by atoms with Crippen molar-refractivity contribution in [3.8, 4) is 5.75 Å². The van der Waals surface area contributed by atoms with Crippen molar-refractivity contribution in [2.75, 3.05) is 20.2 Å². The van der Waals surface area contributed by atoms with Gasteiger partial charge in [0.15, 0.2) is 0 Å². The Balaban J connectivity index is 2.10. The van der Waals surface area contributed by atoms with Crippen molar-refractivity contribution in [2.24, 2.45) is 0 Å². The van der Waals surface area contributed by atoms with Gasteiger partial charge in [-0.25, -0.2) is 4.98 Å². The average molecular weight is 246 g/mol. The van der Waals surface area contributed by atoms with E-state index in [0.29, 0.717) is 0 Å². The Bertz CT molecular complexity index is 574. The zero-order valence-corrected chi connectivity index (χ0v) is 10.5. The summed E-state index contributed by atoms with van der Waals surface area (Å²) in [6.07, 6.45) is 3.29. The maximum atomic E-state index is 5.34. The molecule has 2 heterocycles. The van der Waals surface area contributed by atoms with Gasteiger partial charge in [-0.2, -0.15) is 0 Å². The van der Waals surface area contributed by atoms with Gasteiger partial charge < -0.3 is 10.1 Å². The molecule has 2 aromatic rings. The number of nitrogens with one attached hydrogen (secondary N) is 1. The Hall–Kier alpha value is -1.39. The highest BCUT2D eigenvalue weighted by Gasteiger charge is 2.13. The number of aromatic nitrogens is 1. The predicted octanol–water partition coefficient (Wildman–Crippen LogP) is 2.68. The highest BCUT2D eigenvalue weighted by molar-refractivity contribution is 7.19. The lowest BCUT2D eigenvalue weighted by atomic mass is 10.1. The molecule has 3 nitrogen and oxygen atoms in total. The summed E-state index contributed by atoms with van der Waals surface area (Å²) in [4.78, 5) is 4.70. The molecule has 0 atom stereocenters. The number of para-hydroxylation sites is 1. The molecular weight excluding hydrogens is 232 g/mol. The van der Waals surface area contributed by atoms with E-state index in [1.165, 1.54) is 10.3 Å². The number of fused-ring (bicyclic) bond motifs is 1. The molecule has 1 N–H and O–H groups in total. The third kappa shape index (κ3) is 1.94. The minimum absolute atomic E-state index is 0.861. The molecule has 1 aromatic heterocycles. The Morgan fingerprint density at radius 3 is 3.12 bits per heavy atom. The van der Waals surface area contributed by atoms with Crippen LogP contribution in [0.3, 0.4) is 0 Å². The number of ether oxygens (including phenoxy) is 1. The van der Waals surface area contributed by atoms with Crippen LogP contribution in [0.25, 0.3) is 15.8 Å². The van der Waals surface area contributed by atoms with Gasteiger partial charge in [-0.3, -0.25) is 0 Å². The molecule has 0 saturated heterocycles. The van der Waals surface area contributed by atoms with E-state index in [1.54, 1.807) is 18.4 Å². The molecule has 4 heteroatoms. The summed E-state index contributed by atoms with van der Waals surface area (Å²) in [7, 11) is 1.69. The van der Waals surface area contributed by atoms with Gasteiger partial charge in [-0.05, 0) is 30.7 Å². The average Bonchev–Trinajstić information content (AvgIpc) is 2.83. The quantitative estimate of drug-likeness (QED) is 0.884. The van der Waals surface area contributed by atoms with Crippen LogP contribution in [0.5, 0.6) is 5.75 Å². The zero-order chi connectivity index (χ0) is 11.7. The van der Waals surface area contributed by atoms with E-state index in [2.05, 4.69) is 17.5 Å². The van der Waals surface area contributed by atoms with Crippen molar-refractivity contribution >= 4 is 27.1 Å². The third-order valence-corrected chi connectivity index (χ3v) is 4.04. The first-order valence-corrected chi connectivity index (χ1v) is 6.54. The molecule has 0 radical (unpaired) electrons. The summed E-state index contributed by atoms with van der Waals surface area (Å²) in [6.45, 7) is 1.99. The second kappa shape index (κ2) is 4.47. The van der Waals surface area contributed by atoms with Crippen LogP contribution < -0.4 is 10.1 Å². The van der Waals surface area contributed by atoms with E-state index in [9.17, 15) is 0 Å². The maximum Gasteiger partial charge on any atom is 0.145 e. The van der Waals surface area contributed by atoms with Crippen molar-refractivity contribution in [3.05, 3.63) is 29.3 Å². The standard InChI is InChI=1S/C13H14N2OS/c1-16-10-3-2-4-11-12(10)15-13(17-11)9-5-7-14-8-6-9/h2-5,14H,6-8H2,1H3. The number of methoxy groups -OCH3 is 1. The first-order chi connectivity index (χ1) is 8.38. The Kier molecular flexibility index (Phi) is 2.82. The molecule has 88 valence electrons. The molecule has 0 saturated carbocycles. The van der Waals surface area contributed by atoms with Crippen LogP contribution in [-0.4, -0.2) is 25.2 Å². The van der Waals surface area contributed by atoms with Crippen LogP contribution in [0.1, 0.15) is 11.4 Å². The van der Waals surface area contributed by atoms with Crippen molar-refractivity contribution in [3.63, 3.8) is 0 Å². The third-order valence-electron chi connectivity index (χ3n) is 2.94. The number of hydrogen-bond acceptors (Lipinski definition) is 4. The summed E-state index contributed by atoms with van der Waals surface area (Å²) in [6, 6.07) is 6.07. The van der Waals surface area contributed by atoms with Gasteiger partial charge >= 0.3 is 0 Å². The van der Waals surface area contributed by atoms with E-state index in [1.807, 2.05) is 12.1 Å². The molecule has 0 amide bonds. The summed E-state index contributed by atoms with van der Waals surface area (Å²) in [5.41, 5.74) is 2.33. The van der Waals surface area contributed by atoms with Crippen molar-refractivity contribution < 1.29 is 4.74 Å². The molecule has 0 fully saturated rings. The normalized spacial score (nSPS) is 15.9. The number of hydrogen-bond donors (Lipinski definition) is 1. The molecule has 17 heavy (non-hydrogen) atoms. The zero-order valence-electron chi connectivity index (χ0n) is 9.69. The summed E-state index contributed by atoms with van der Waals surface area (Å²) in [5, 5.41) is 4.45. The van der Waals surface area contributed by atoms with E-state index in [0.717, 1.165) is 35.8 Å². The number of rotatable bonds is 2. The topological polar surface area (TPSA) is 34.1 Å². The van der Waals surface area contributed by atoms with Crippen LogP contribution >= 0.6 is 11.3 Å². The Morgan fingerprint density at radius 1 is 1.41 bits per heavy atom. The number of nitrogens with zero attached hydrogens (tertiary/aromatic N) is 1. The summed E-state index contributed by atoms with van der Waals surface area (Å²) < 4.78 is 6.53. The molecule has 3 rings (SSSR count). The molecule has 0 aliphatic carbocycles. The molecule has 0 unspecified atom stereocenters. The van der Waals surface area contributed by atoms with Crippen LogP contribution in [0.4, 0.5) is 0 Å². The SMILES string of the molecule is COc1cccc2sc(C3=CCNCC3)nc12. The fraction of sp³-hybridized carbons (Fsp3) is 0.308. The van der Waals surface area contributed by atoms with Gasteiger partial charge in [0, 0.05) is 6.54 Å². The molecule has 0 spiro atoms.